The Hall–Kier alpha value is -0.890. The fourth-order valence-electron chi connectivity index (χ4n) is 1.38. The summed E-state index contributed by atoms with van der Waals surface area (Å²) in [7, 11) is 0. The summed E-state index contributed by atoms with van der Waals surface area (Å²) in [5.74, 6) is 0. The van der Waals surface area contributed by atoms with Crippen LogP contribution in [0.15, 0.2) is 18.3 Å². The standard InChI is InChI=1S/C9H12N2/c1-7-3-2-6-11-8(7)9(10)4-5-9/h2-3,6H,4-5,10H2,1H3. The smallest absolute Gasteiger partial charge is 0.0631 e. The third kappa shape index (κ3) is 1.03. The normalized spacial score (nSPS) is 19.8. The number of nitrogens with two attached hydrogens (primary N) is 1. The van der Waals surface area contributed by atoms with E-state index in [2.05, 4.69) is 18.0 Å². The van der Waals surface area contributed by atoms with Crippen molar-refractivity contribution in [1.29, 1.82) is 0 Å². The molecule has 58 valence electrons. The maximum Gasteiger partial charge on any atom is 0.0631 e. The molecule has 1 aliphatic carbocycles. The Morgan fingerprint density at radius 2 is 2.27 bits per heavy atom. The van der Waals surface area contributed by atoms with Gasteiger partial charge in [0.15, 0.2) is 0 Å². The minimum Gasteiger partial charge on any atom is -0.320 e. The second-order valence-electron chi connectivity index (χ2n) is 3.33. The summed E-state index contributed by atoms with van der Waals surface area (Å²) >= 11 is 0. The van der Waals surface area contributed by atoms with Crippen LogP contribution in [0.2, 0.25) is 0 Å². The zero-order valence-corrected chi connectivity index (χ0v) is 6.67. The maximum atomic E-state index is 6.01. The number of rotatable bonds is 1. The van der Waals surface area contributed by atoms with Gasteiger partial charge in [-0.05, 0) is 31.4 Å². The molecule has 1 aromatic heterocycles. The van der Waals surface area contributed by atoms with Crippen LogP contribution >= 0.6 is 0 Å². The molecule has 1 heterocycles. The van der Waals surface area contributed by atoms with Crippen molar-refractivity contribution in [3.63, 3.8) is 0 Å². The van der Waals surface area contributed by atoms with Crippen molar-refractivity contribution >= 4 is 0 Å². The van der Waals surface area contributed by atoms with Crippen LogP contribution in [0, 0.1) is 6.92 Å². The number of aromatic nitrogens is 1. The molecule has 0 radical (unpaired) electrons. The third-order valence-corrected chi connectivity index (χ3v) is 2.27. The molecule has 0 aliphatic heterocycles. The first kappa shape index (κ1) is 6.80. The highest BCUT2D eigenvalue weighted by Gasteiger charge is 2.42. The van der Waals surface area contributed by atoms with E-state index in [4.69, 9.17) is 5.73 Å². The van der Waals surface area contributed by atoms with Crippen LogP contribution in [0.25, 0.3) is 0 Å². The lowest BCUT2D eigenvalue weighted by Crippen LogP contribution is -2.21. The second-order valence-corrected chi connectivity index (χ2v) is 3.33. The summed E-state index contributed by atoms with van der Waals surface area (Å²) in [4.78, 5) is 4.29. The molecule has 0 saturated heterocycles. The molecular formula is C9H12N2. The molecule has 0 unspecified atom stereocenters. The fourth-order valence-corrected chi connectivity index (χ4v) is 1.38. The summed E-state index contributed by atoms with van der Waals surface area (Å²) in [6.07, 6.45) is 3.99. The van der Waals surface area contributed by atoms with Gasteiger partial charge in [-0.2, -0.15) is 0 Å². The predicted molar refractivity (Wildman–Crippen MR) is 44.1 cm³/mol. The average molecular weight is 148 g/mol. The summed E-state index contributed by atoms with van der Waals surface area (Å²) in [6.45, 7) is 2.06. The first-order valence-electron chi connectivity index (χ1n) is 3.93. The van der Waals surface area contributed by atoms with E-state index < -0.39 is 0 Å². The highest BCUT2D eigenvalue weighted by atomic mass is 14.9. The van der Waals surface area contributed by atoms with E-state index in [9.17, 15) is 0 Å². The van der Waals surface area contributed by atoms with Gasteiger partial charge in [-0.3, -0.25) is 4.98 Å². The predicted octanol–water partition coefficient (Wildman–Crippen LogP) is 1.34. The van der Waals surface area contributed by atoms with E-state index in [0.29, 0.717) is 0 Å². The van der Waals surface area contributed by atoms with Crippen LogP contribution < -0.4 is 5.73 Å². The minimum absolute atomic E-state index is 0.0780. The van der Waals surface area contributed by atoms with Gasteiger partial charge in [0.25, 0.3) is 0 Å². The highest BCUT2D eigenvalue weighted by Crippen LogP contribution is 2.42. The molecule has 1 aromatic rings. The van der Waals surface area contributed by atoms with E-state index >= 15 is 0 Å². The SMILES string of the molecule is Cc1cccnc1C1(N)CC1. The molecule has 1 saturated carbocycles. The number of aryl methyl sites for hydroxylation is 1. The van der Waals surface area contributed by atoms with Crippen LogP contribution in [0.3, 0.4) is 0 Å². The van der Waals surface area contributed by atoms with Crippen LogP contribution in [0.5, 0.6) is 0 Å². The third-order valence-electron chi connectivity index (χ3n) is 2.27. The monoisotopic (exact) mass is 148 g/mol. The highest BCUT2D eigenvalue weighted by molar-refractivity contribution is 5.29. The number of nitrogens with zero attached hydrogens (tertiary/aromatic N) is 1. The van der Waals surface area contributed by atoms with Gasteiger partial charge in [0, 0.05) is 6.20 Å². The van der Waals surface area contributed by atoms with Crippen molar-refractivity contribution in [3.8, 4) is 0 Å². The van der Waals surface area contributed by atoms with Gasteiger partial charge in [0.1, 0.15) is 0 Å². The van der Waals surface area contributed by atoms with Crippen LogP contribution in [-0.2, 0) is 5.54 Å². The van der Waals surface area contributed by atoms with Crippen LogP contribution in [-0.4, -0.2) is 4.98 Å². The van der Waals surface area contributed by atoms with E-state index in [-0.39, 0.29) is 5.54 Å². The van der Waals surface area contributed by atoms with E-state index in [1.54, 1.807) is 0 Å². The minimum atomic E-state index is -0.0780. The molecule has 0 atom stereocenters. The zero-order valence-electron chi connectivity index (χ0n) is 6.67. The van der Waals surface area contributed by atoms with Crippen molar-refractivity contribution in [3.05, 3.63) is 29.6 Å². The Labute approximate surface area is 66.4 Å². The summed E-state index contributed by atoms with van der Waals surface area (Å²) < 4.78 is 0. The van der Waals surface area contributed by atoms with Crippen molar-refractivity contribution in [2.24, 2.45) is 5.73 Å². The molecule has 1 aliphatic rings. The Morgan fingerprint density at radius 1 is 1.55 bits per heavy atom. The first-order chi connectivity index (χ1) is 5.22. The zero-order chi connectivity index (χ0) is 7.90. The van der Waals surface area contributed by atoms with Crippen LogP contribution in [0.1, 0.15) is 24.1 Å². The molecule has 2 nitrogen and oxygen atoms in total. The van der Waals surface area contributed by atoms with Gasteiger partial charge in [-0.1, -0.05) is 6.07 Å². The van der Waals surface area contributed by atoms with Crippen molar-refractivity contribution < 1.29 is 0 Å². The lowest BCUT2D eigenvalue weighted by atomic mass is 10.1. The van der Waals surface area contributed by atoms with Gasteiger partial charge in [-0.15, -0.1) is 0 Å². The topological polar surface area (TPSA) is 38.9 Å². The van der Waals surface area contributed by atoms with E-state index in [0.717, 1.165) is 18.5 Å². The van der Waals surface area contributed by atoms with Crippen molar-refractivity contribution in [2.45, 2.75) is 25.3 Å². The molecule has 0 bridgehead atoms. The van der Waals surface area contributed by atoms with Crippen molar-refractivity contribution in [1.82, 2.24) is 4.98 Å². The summed E-state index contributed by atoms with van der Waals surface area (Å²) in [5, 5.41) is 0. The number of hydrogen-bond donors (Lipinski definition) is 1. The molecule has 1 fully saturated rings. The fraction of sp³-hybridized carbons (Fsp3) is 0.444. The second kappa shape index (κ2) is 2.05. The van der Waals surface area contributed by atoms with E-state index in [1.807, 2.05) is 12.3 Å². The number of hydrogen-bond acceptors (Lipinski definition) is 2. The maximum absolute atomic E-state index is 6.01. The molecule has 0 spiro atoms. The van der Waals surface area contributed by atoms with Gasteiger partial charge in [-0.25, -0.2) is 0 Å². The first-order valence-corrected chi connectivity index (χ1v) is 3.93. The lowest BCUT2D eigenvalue weighted by molar-refractivity contribution is 0.700. The Morgan fingerprint density at radius 3 is 2.82 bits per heavy atom. The molecule has 2 rings (SSSR count). The Balaban J connectivity index is 2.45. The van der Waals surface area contributed by atoms with Crippen LogP contribution in [0.4, 0.5) is 0 Å². The quantitative estimate of drug-likeness (QED) is 0.652. The summed E-state index contributed by atoms with van der Waals surface area (Å²) in [5.41, 5.74) is 8.23. The molecule has 0 aromatic carbocycles. The average Bonchev–Trinajstić information content (AvgIpc) is 2.70. The van der Waals surface area contributed by atoms with Gasteiger partial charge in [0.05, 0.1) is 11.2 Å². The van der Waals surface area contributed by atoms with Crippen molar-refractivity contribution in [2.75, 3.05) is 0 Å². The lowest BCUT2D eigenvalue weighted by Gasteiger charge is -2.09. The van der Waals surface area contributed by atoms with Gasteiger partial charge < -0.3 is 5.73 Å². The van der Waals surface area contributed by atoms with Gasteiger partial charge in [0.2, 0.25) is 0 Å². The molecular weight excluding hydrogens is 136 g/mol. The Kier molecular flexibility index (Phi) is 1.26. The molecule has 2 heteroatoms. The Bertz CT molecular complexity index is 277. The molecule has 0 amide bonds. The largest absolute Gasteiger partial charge is 0.320 e. The summed E-state index contributed by atoms with van der Waals surface area (Å²) in [6, 6.07) is 4.01. The van der Waals surface area contributed by atoms with Gasteiger partial charge >= 0.3 is 0 Å². The number of pyridine rings is 1. The molecule has 2 N–H and O–H groups in total. The van der Waals surface area contributed by atoms with E-state index in [1.165, 1.54) is 5.56 Å². The molecule has 11 heavy (non-hydrogen) atoms.